The predicted molar refractivity (Wildman–Crippen MR) is 56.9 cm³/mol. The number of carboxylic acid groups (broad SMARTS) is 1. The van der Waals surface area contributed by atoms with Crippen LogP contribution in [-0.2, 0) is 0 Å². The first kappa shape index (κ1) is 9.45. The van der Waals surface area contributed by atoms with Crippen LogP contribution in [0.15, 0.2) is 12.3 Å². The van der Waals surface area contributed by atoms with Crippen LogP contribution in [0.2, 0.25) is 0 Å². The second kappa shape index (κ2) is 3.10. The van der Waals surface area contributed by atoms with Crippen molar-refractivity contribution < 1.29 is 14.6 Å². The Morgan fingerprint density at radius 2 is 2.31 bits per heavy atom. The van der Waals surface area contributed by atoms with E-state index >= 15 is 0 Å². The Kier molecular flexibility index (Phi) is 1.83. The molecule has 2 aliphatic rings. The van der Waals surface area contributed by atoms with Crippen LogP contribution in [0.4, 0.5) is 5.82 Å². The van der Waals surface area contributed by atoms with E-state index in [2.05, 4.69) is 10.3 Å². The first-order valence-electron chi connectivity index (χ1n) is 5.33. The molecule has 1 saturated carbocycles. The molecule has 1 fully saturated rings. The highest BCUT2D eigenvalue weighted by atomic mass is 16.5. The average Bonchev–Trinajstić information content (AvgIpc) is 3.03. The largest absolute Gasteiger partial charge is 0.490 e. The number of aromatic carboxylic acids is 1. The number of hydrogen-bond acceptors (Lipinski definition) is 4. The highest BCUT2D eigenvalue weighted by Gasteiger charge is 2.44. The fraction of sp³-hybridized carbons (Fsp3) is 0.455. The Hall–Kier alpha value is -1.78. The van der Waals surface area contributed by atoms with E-state index in [-0.39, 0.29) is 11.1 Å². The molecule has 1 aliphatic carbocycles. The van der Waals surface area contributed by atoms with E-state index in [0.29, 0.717) is 18.2 Å². The molecule has 2 N–H and O–H groups in total. The zero-order valence-corrected chi connectivity index (χ0v) is 8.69. The zero-order valence-electron chi connectivity index (χ0n) is 8.69. The first-order chi connectivity index (χ1) is 7.69. The number of carboxylic acids is 1. The second-order valence-electron chi connectivity index (χ2n) is 4.38. The normalized spacial score (nSPS) is 20.2. The van der Waals surface area contributed by atoms with Gasteiger partial charge in [0.05, 0.1) is 12.2 Å². The van der Waals surface area contributed by atoms with Gasteiger partial charge in [0.25, 0.3) is 0 Å². The van der Waals surface area contributed by atoms with Gasteiger partial charge in [-0.15, -0.1) is 0 Å². The fourth-order valence-electron chi connectivity index (χ4n) is 1.96. The summed E-state index contributed by atoms with van der Waals surface area (Å²) in [5.74, 6) is 0.230. The van der Waals surface area contributed by atoms with Gasteiger partial charge in [-0.1, -0.05) is 0 Å². The van der Waals surface area contributed by atoms with Gasteiger partial charge in [-0.25, -0.2) is 9.78 Å². The number of anilines is 1. The van der Waals surface area contributed by atoms with Gasteiger partial charge in [-0.3, -0.25) is 0 Å². The number of carbonyl (C=O) groups is 1. The lowest BCUT2D eigenvalue weighted by atomic mass is 10.2. The van der Waals surface area contributed by atoms with Crippen LogP contribution in [0, 0.1) is 0 Å². The minimum atomic E-state index is -0.982. The number of nitrogens with zero attached hydrogens (tertiary/aromatic N) is 1. The monoisotopic (exact) mass is 220 g/mol. The van der Waals surface area contributed by atoms with Crippen LogP contribution in [0.25, 0.3) is 0 Å². The van der Waals surface area contributed by atoms with E-state index in [1.54, 1.807) is 0 Å². The summed E-state index contributed by atoms with van der Waals surface area (Å²) in [5.41, 5.74) is 0.315. The summed E-state index contributed by atoms with van der Waals surface area (Å²) in [6, 6.07) is 1.53. The van der Waals surface area contributed by atoms with E-state index in [0.717, 1.165) is 19.3 Å². The molecule has 84 valence electrons. The van der Waals surface area contributed by atoms with Gasteiger partial charge in [-0.05, 0) is 12.8 Å². The highest BCUT2D eigenvalue weighted by molar-refractivity contribution is 5.88. The van der Waals surface area contributed by atoms with Crippen LogP contribution < -0.4 is 10.1 Å². The predicted octanol–water partition coefficient (Wildman–Crippen LogP) is 1.51. The van der Waals surface area contributed by atoms with Crippen molar-refractivity contribution in [1.29, 1.82) is 0 Å². The van der Waals surface area contributed by atoms with Crippen molar-refractivity contribution in [3.8, 4) is 5.75 Å². The summed E-state index contributed by atoms with van der Waals surface area (Å²) in [4.78, 5) is 14.9. The van der Waals surface area contributed by atoms with Gasteiger partial charge < -0.3 is 15.2 Å². The number of pyridine rings is 1. The molecule has 5 nitrogen and oxygen atoms in total. The molecule has 0 amide bonds. The van der Waals surface area contributed by atoms with Crippen LogP contribution in [0.5, 0.6) is 5.75 Å². The Morgan fingerprint density at radius 1 is 1.50 bits per heavy atom. The van der Waals surface area contributed by atoms with Crippen LogP contribution in [0.1, 0.15) is 29.6 Å². The van der Waals surface area contributed by atoms with Crippen molar-refractivity contribution in [2.45, 2.75) is 24.8 Å². The van der Waals surface area contributed by atoms with Crippen LogP contribution in [0.3, 0.4) is 0 Å². The zero-order chi connectivity index (χ0) is 11.2. The van der Waals surface area contributed by atoms with E-state index in [4.69, 9.17) is 9.84 Å². The van der Waals surface area contributed by atoms with E-state index < -0.39 is 5.97 Å². The highest BCUT2D eigenvalue weighted by Crippen LogP contribution is 2.45. The third kappa shape index (κ3) is 1.48. The molecule has 16 heavy (non-hydrogen) atoms. The number of rotatable bonds is 1. The molecule has 0 aromatic carbocycles. The minimum Gasteiger partial charge on any atom is -0.490 e. The van der Waals surface area contributed by atoms with Crippen LogP contribution >= 0.6 is 0 Å². The van der Waals surface area contributed by atoms with E-state index in [1.165, 1.54) is 12.3 Å². The molecular formula is C11H12N2O3. The standard InChI is InChI=1S/C11H12N2O3/c14-10(15)7-5-8-9(12-6-7)13-11(1-2-11)3-4-16-8/h5-6H,1-4H2,(H,12,13)(H,14,15). The van der Waals surface area contributed by atoms with Gasteiger partial charge in [-0.2, -0.15) is 0 Å². The van der Waals surface area contributed by atoms with Crippen molar-refractivity contribution in [1.82, 2.24) is 4.98 Å². The van der Waals surface area contributed by atoms with Crippen molar-refractivity contribution in [2.24, 2.45) is 0 Å². The van der Waals surface area contributed by atoms with Crippen molar-refractivity contribution in [2.75, 3.05) is 11.9 Å². The number of nitrogens with one attached hydrogen (secondary N) is 1. The van der Waals surface area contributed by atoms with E-state index in [1.807, 2.05) is 0 Å². The summed E-state index contributed by atoms with van der Waals surface area (Å²) in [6.07, 6.45) is 4.58. The molecule has 3 rings (SSSR count). The Bertz CT molecular complexity index is 455. The lowest BCUT2D eigenvalue weighted by molar-refractivity contribution is 0.0696. The maximum absolute atomic E-state index is 10.8. The number of hydrogen-bond donors (Lipinski definition) is 2. The smallest absolute Gasteiger partial charge is 0.337 e. The van der Waals surface area contributed by atoms with Gasteiger partial charge in [0.2, 0.25) is 0 Å². The summed E-state index contributed by atoms with van der Waals surface area (Å²) < 4.78 is 5.53. The molecule has 1 aliphatic heterocycles. The summed E-state index contributed by atoms with van der Waals surface area (Å²) in [5, 5.41) is 12.2. The second-order valence-corrected chi connectivity index (χ2v) is 4.38. The first-order valence-corrected chi connectivity index (χ1v) is 5.33. The Labute approximate surface area is 92.4 Å². The maximum Gasteiger partial charge on any atom is 0.337 e. The lowest BCUT2D eigenvalue weighted by Crippen LogP contribution is -2.21. The molecule has 0 atom stereocenters. The maximum atomic E-state index is 10.8. The molecule has 0 saturated heterocycles. The molecule has 0 unspecified atom stereocenters. The molecular weight excluding hydrogens is 208 g/mol. The van der Waals surface area contributed by atoms with Gasteiger partial charge in [0.1, 0.15) is 0 Å². The van der Waals surface area contributed by atoms with E-state index in [9.17, 15) is 4.79 Å². The number of aromatic nitrogens is 1. The van der Waals surface area contributed by atoms with Gasteiger partial charge in [0, 0.05) is 24.2 Å². The quantitative estimate of drug-likeness (QED) is 0.750. The molecule has 2 heterocycles. The molecule has 5 heteroatoms. The minimum absolute atomic E-state index is 0.156. The Morgan fingerprint density at radius 3 is 3.00 bits per heavy atom. The van der Waals surface area contributed by atoms with Crippen molar-refractivity contribution in [3.05, 3.63) is 17.8 Å². The molecule has 1 spiro atoms. The van der Waals surface area contributed by atoms with Crippen molar-refractivity contribution >= 4 is 11.8 Å². The summed E-state index contributed by atoms with van der Waals surface area (Å²) >= 11 is 0. The summed E-state index contributed by atoms with van der Waals surface area (Å²) in [6.45, 7) is 0.616. The molecule has 0 bridgehead atoms. The van der Waals surface area contributed by atoms with Crippen LogP contribution in [-0.4, -0.2) is 28.2 Å². The molecule has 1 aromatic rings. The lowest BCUT2D eigenvalue weighted by Gasteiger charge is -2.13. The molecule has 0 radical (unpaired) electrons. The van der Waals surface area contributed by atoms with Crippen molar-refractivity contribution in [3.63, 3.8) is 0 Å². The SMILES string of the molecule is O=C(O)c1cnc2c(c1)OCCC1(CC1)N2. The topological polar surface area (TPSA) is 71.5 Å². The number of ether oxygens (including phenoxy) is 1. The summed E-state index contributed by atoms with van der Waals surface area (Å²) in [7, 11) is 0. The van der Waals surface area contributed by atoms with Gasteiger partial charge in [0.15, 0.2) is 11.6 Å². The average molecular weight is 220 g/mol. The number of fused-ring (bicyclic) bond motifs is 1. The third-order valence-electron chi connectivity index (χ3n) is 3.17. The third-order valence-corrected chi connectivity index (χ3v) is 3.17. The fourth-order valence-corrected chi connectivity index (χ4v) is 1.96. The Balaban J connectivity index is 1.97. The molecule has 1 aromatic heterocycles. The van der Waals surface area contributed by atoms with Gasteiger partial charge >= 0.3 is 5.97 Å².